The molecule has 96 valence electrons. The SMILES string of the molecule is CNc1ccccc1S(=O)(=O)NCCC(C)C. The van der Waals surface area contributed by atoms with Crippen LogP contribution in [0.1, 0.15) is 20.3 Å². The van der Waals surface area contributed by atoms with Crippen LogP contribution in [0.2, 0.25) is 0 Å². The molecule has 0 bridgehead atoms. The van der Waals surface area contributed by atoms with Gasteiger partial charge in [0.1, 0.15) is 4.90 Å². The Labute approximate surface area is 103 Å². The van der Waals surface area contributed by atoms with Gasteiger partial charge in [-0.2, -0.15) is 0 Å². The van der Waals surface area contributed by atoms with Crippen LogP contribution in [0.15, 0.2) is 29.2 Å². The van der Waals surface area contributed by atoms with Gasteiger partial charge in [0, 0.05) is 13.6 Å². The van der Waals surface area contributed by atoms with E-state index >= 15 is 0 Å². The molecule has 0 unspecified atom stereocenters. The summed E-state index contributed by atoms with van der Waals surface area (Å²) in [6.45, 7) is 4.60. The molecule has 5 heteroatoms. The van der Waals surface area contributed by atoms with Crippen molar-refractivity contribution in [3.8, 4) is 0 Å². The predicted octanol–water partition coefficient (Wildman–Crippen LogP) is 2.05. The zero-order valence-electron chi connectivity index (χ0n) is 10.5. The van der Waals surface area contributed by atoms with Crippen molar-refractivity contribution in [3.63, 3.8) is 0 Å². The van der Waals surface area contributed by atoms with Gasteiger partial charge < -0.3 is 5.32 Å². The predicted molar refractivity (Wildman–Crippen MR) is 70.6 cm³/mol. The third-order valence-electron chi connectivity index (χ3n) is 2.46. The molecule has 0 fully saturated rings. The number of hydrogen-bond donors (Lipinski definition) is 2. The van der Waals surface area contributed by atoms with Crippen molar-refractivity contribution in [2.24, 2.45) is 5.92 Å². The quantitative estimate of drug-likeness (QED) is 0.819. The largest absolute Gasteiger partial charge is 0.387 e. The van der Waals surface area contributed by atoms with Crippen LogP contribution in [0.5, 0.6) is 0 Å². The number of benzene rings is 1. The van der Waals surface area contributed by atoms with Crippen LogP contribution in [0, 0.1) is 5.92 Å². The first-order valence-corrected chi connectivity index (χ1v) is 7.22. The minimum absolute atomic E-state index is 0.297. The second kappa shape index (κ2) is 6.02. The fourth-order valence-electron chi connectivity index (χ4n) is 1.47. The van der Waals surface area contributed by atoms with Crippen LogP contribution in [-0.2, 0) is 10.0 Å². The highest BCUT2D eigenvalue weighted by Crippen LogP contribution is 2.19. The van der Waals surface area contributed by atoms with Crippen LogP contribution < -0.4 is 10.0 Å². The van der Waals surface area contributed by atoms with E-state index in [4.69, 9.17) is 0 Å². The van der Waals surface area contributed by atoms with Gasteiger partial charge in [-0.15, -0.1) is 0 Å². The number of anilines is 1. The van der Waals surface area contributed by atoms with Gasteiger partial charge in [0.25, 0.3) is 0 Å². The summed E-state index contributed by atoms with van der Waals surface area (Å²) in [6, 6.07) is 6.87. The summed E-state index contributed by atoms with van der Waals surface area (Å²) in [4.78, 5) is 0.297. The molecule has 0 aliphatic carbocycles. The molecule has 0 aromatic heterocycles. The summed E-state index contributed by atoms with van der Waals surface area (Å²) < 4.78 is 26.7. The summed E-state index contributed by atoms with van der Waals surface area (Å²) in [5.74, 6) is 0.484. The van der Waals surface area contributed by atoms with Crippen molar-refractivity contribution in [2.75, 3.05) is 18.9 Å². The van der Waals surface area contributed by atoms with Crippen LogP contribution >= 0.6 is 0 Å². The van der Waals surface area contributed by atoms with Crippen molar-refractivity contribution in [1.29, 1.82) is 0 Å². The standard InChI is InChI=1S/C12H20N2O2S/c1-10(2)8-9-14-17(15,16)12-7-5-4-6-11(12)13-3/h4-7,10,13-14H,8-9H2,1-3H3. The maximum absolute atomic E-state index is 12.0. The van der Waals surface area contributed by atoms with Crippen molar-refractivity contribution in [2.45, 2.75) is 25.2 Å². The van der Waals surface area contributed by atoms with Gasteiger partial charge in [0.15, 0.2) is 0 Å². The van der Waals surface area contributed by atoms with Gasteiger partial charge in [-0.1, -0.05) is 26.0 Å². The van der Waals surface area contributed by atoms with E-state index in [1.165, 1.54) is 0 Å². The van der Waals surface area contributed by atoms with Crippen LogP contribution in [0.3, 0.4) is 0 Å². The molecule has 2 N–H and O–H groups in total. The first-order valence-electron chi connectivity index (χ1n) is 5.74. The van der Waals surface area contributed by atoms with Gasteiger partial charge in [0.2, 0.25) is 10.0 Å². The van der Waals surface area contributed by atoms with Crippen molar-refractivity contribution < 1.29 is 8.42 Å². The lowest BCUT2D eigenvalue weighted by atomic mass is 10.1. The lowest BCUT2D eigenvalue weighted by molar-refractivity contribution is 0.552. The Balaban J connectivity index is 2.82. The first kappa shape index (κ1) is 14.0. The fourth-order valence-corrected chi connectivity index (χ4v) is 2.73. The van der Waals surface area contributed by atoms with Gasteiger partial charge in [-0.3, -0.25) is 0 Å². The Morgan fingerprint density at radius 2 is 1.88 bits per heavy atom. The number of sulfonamides is 1. The lowest BCUT2D eigenvalue weighted by Crippen LogP contribution is -2.26. The minimum atomic E-state index is -3.41. The highest BCUT2D eigenvalue weighted by molar-refractivity contribution is 7.89. The van der Waals surface area contributed by atoms with Crippen molar-refractivity contribution in [3.05, 3.63) is 24.3 Å². The Bertz CT molecular complexity index is 455. The van der Waals surface area contributed by atoms with Gasteiger partial charge in [-0.05, 0) is 24.5 Å². The van der Waals surface area contributed by atoms with E-state index in [9.17, 15) is 8.42 Å². The fraction of sp³-hybridized carbons (Fsp3) is 0.500. The molecule has 0 radical (unpaired) electrons. The molecule has 17 heavy (non-hydrogen) atoms. The minimum Gasteiger partial charge on any atom is -0.387 e. The number of hydrogen-bond acceptors (Lipinski definition) is 3. The maximum atomic E-state index is 12.0. The van der Waals surface area contributed by atoms with Gasteiger partial charge in [0.05, 0.1) is 5.69 Å². The molecule has 0 spiro atoms. The Kier molecular flexibility index (Phi) is 4.96. The highest BCUT2D eigenvalue weighted by Gasteiger charge is 2.16. The Hall–Kier alpha value is -1.07. The van der Waals surface area contributed by atoms with Crippen molar-refractivity contribution in [1.82, 2.24) is 4.72 Å². The molecule has 1 rings (SSSR count). The third-order valence-corrected chi connectivity index (χ3v) is 3.98. The molecule has 0 saturated carbocycles. The van der Waals surface area contributed by atoms with Gasteiger partial charge >= 0.3 is 0 Å². The van der Waals surface area contributed by atoms with Crippen molar-refractivity contribution >= 4 is 15.7 Å². The lowest BCUT2D eigenvalue weighted by Gasteiger charge is -2.11. The molecule has 0 saturated heterocycles. The molecule has 1 aromatic carbocycles. The molecular weight excluding hydrogens is 236 g/mol. The number of rotatable bonds is 6. The summed E-state index contributed by atoms with van der Waals surface area (Å²) in [5.41, 5.74) is 0.615. The first-order chi connectivity index (χ1) is 7.97. The number of para-hydroxylation sites is 1. The Morgan fingerprint density at radius 1 is 1.24 bits per heavy atom. The summed E-state index contributed by atoms with van der Waals surface area (Å²) in [7, 11) is -1.70. The highest BCUT2D eigenvalue weighted by atomic mass is 32.2. The second-order valence-electron chi connectivity index (χ2n) is 4.33. The molecule has 0 amide bonds. The molecule has 0 aliphatic rings. The molecule has 1 aromatic rings. The molecule has 0 heterocycles. The van der Waals surface area contributed by atoms with Crippen LogP contribution in [0.25, 0.3) is 0 Å². The molecule has 4 nitrogen and oxygen atoms in total. The maximum Gasteiger partial charge on any atom is 0.242 e. The summed E-state index contributed by atoms with van der Waals surface area (Å²) in [5, 5.41) is 2.88. The zero-order valence-corrected chi connectivity index (χ0v) is 11.3. The monoisotopic (exact) mass is 256 g/mol. The average molecular weight is 256 g/mol. The van der Waals surface area contributed by atoms with Crippen LogP contribution in [0.4, 0.5) is 5.69 Å². The number of nitrogens with one attached hydrogen (secondary N) is 2. The van der Waals surface area contributed by atoms with E-state index in [0.717, 1.165) is 6.42 Å². The van der Waals surface area contributed by atoms with Crippen LogP contribution in [-0.4, -0.2) is 22.0 Å². The van der Waals surface area contributed by atoms with E-state index in [1.54, 1.807) is 31.3 Å². The van der Waals surface area contributed by atoms with E-state index in [-0.39, 0.29) is 0 Å². The van der Waals surface area contributed by atoms with E-state index < -0.39 is 10.0 Å². The third kappa shape index (κ3) is 4.02. The molecular formula is C12H20N2O2S. The second-order valence-corrected chi connectivity index (χ2v) is 6.06. The normalized spacial score (nSPS) is 11.8. The summed E-state index contributed by atoms with van der Waals surface area (Å²) in [6.07, 6.45) is 0.834. The molecule has 0 atom stereocenters. The summed E-state index contributed by atoms with van der Waals surface area (Å²) >= 11 is 0. The zero-order chi connectivity index (χ0) is 12.9. The van der Waals surface area contributed by atoms with E-state index in [0.29, 0.717) is 23.0 Å². The van der Waals surface area contributed by atoms with E-state index in [1.807, 2.05) is 0 Å². The van der Waals surface area contributed by atoms with Gasteiger partial charge in [-0.25, -0.2) is 13.1 Å². The average Bonchev–Trinajstić information content (AvgIpc) is 2.28. The Morgan fingerprint density at radius 3 is 2.47 bits per heavy atom. The smallest absolute Gasteiger partial charge is 0.242 e. The van der Waals surface area contributed by atoms with E-state index in [2.05, 4.69) is 23.9 Å². The topological polar surface area (TPSA) is 58.2 Å². The molecule has 0 aliphatic heterocycles.